The molecule has 0 bridgehead atoms. The molecule has 6 aromatic rings. The fourth-order valence-electron chi connectivity index (χ4n) is 5.68. The van der Waals surface area contributed by atoms with Crippen LogP contribution in [0.15, 0.2) is 91.5 Å². The van der Waals surface area contributed by atoms with Gasteiger partial charge >= 0.3 is 0 Å². The lowest BCUT2D eigenvalue weighted by molar-refractivity contribution is 0.362. The van der Waals surface area contributed by atoms with Crippen LogP contribution in [-0.2, 0) is 0 Å². The van der Waals surface area contributed by atoms with Gasteiger partial charge in [-0.25, -0.2) is 14.5 Å². The molecule has 0 spiro atoms. The summed E-state index contributed by atoms with van der Waals surface area (Å²) >= 11 is 0. The van der Waals surface area contributed by atoms with Crippen LogP contribution in [0.4, 0.5) is 0 Å². The molecule has 1 aliphatic carbocycles. The summed E-state index contributed by atoms with van der Waals surface area (Å²) in [5, 5.41) is 5.85. The monoisotopic (exact) mass is 470 g/mol. The average Bonchev–Trinajstić information content (AvgIpc) is 3.55. The van der Waals surface area contributed by atoms with E-state index in [4.69, 9.17) is 15.1 Å². The van der Waals surface area contributed by atoms with E-state index in [-0.39, 0.29) is 0 Å². The Kier molecular flexibility index (Phi) is 5.09. The zero-order valence-corrected chi connectivity index (χ0v) is 20.0. The van der Waals surface area contributed by atoms with Gasteiger partial charge in [0.2, 0.25) is 0 Å². The third kappa shape index (κ3) is 3.40. The normalized spacial score (nSPS) is 14.6. The number of rotatable bonds is 4. The standard InChI is InChI=1S/C30H26N6/c1-4-10-21(11-5-1)25-26-29(32-20-35-30(26)33-28(34-35)23-16-18-31-19-17-23)36(24-14-8-3-9-15-24)27(25)22-12-6-2-7-13-22/h1-2,4-7,10-13,16-20,24H,3,8-9,14-15H2. The van der Waals surface area contributed by atoms with Crippen molar-refractivity contribution in [3.05, 3.63) is 91.5 Å². The first kappa shape index (κ1) is 21.0. The maximum absolute atomic E-state index is 5.06. The summed E-state index contributed by atoms with van der Waals surface area (Å²) in [4.78, 5) is 14.2. The van der Waals surface area contributed by atoms with Crippen LogP contribution < -0.4 is 0 Å². The third-order valence-corrected chi connectivity index (χ3v) is 7.31. The molecule has 7 rings (SSSR count). The predicted octanol–water partition coefficient (Wildman–Crippen LogP) is 6.98. The molecule has 0 radical (unpaired) electrons. The minimum atomic E-state index is 0.409. The second-order valence-corrected chi connectivity index (χ2v) is 9.50. The molecule has 0 unspecified atom stereocenters. The summed E-state index contributed by atoms with van der Waals surface area (Å²) in [6, 6.07) is 25.7. The van der Waals surface area contributed by atoms with E-state index in [0.29, 0.717) is 11.9 Å². The Labute approximate surface area is 209 Å². The van der Waals surface area contributed by atoms with Crippen molar-refractivity contribution in [3.63, 3.8) is 0 Å². The van der Waals surface area contributed by atoms with Crippen molar-refractivity contribution in [1.29, 1.82) is 0 Å². The number of hydrogen-bond donors (Lipinski definition) is 0. The van der Waals surface area contributed by atoms with Gasteiger partial charge in [-0.1, -0.05) is 79.9 Å². The predicted molar refractivity (Wildman–Crippen MR) is 143 cm³/mol. The molecule has 0 saturated heterocycles. The minimum absolute atomic E-state index is 0.409. The molecule has 36 heavy (non-hydrogen) atoms. The highest BCUT2D eigenvalue weighted by Crippen LogP contribution is 2.45. The van der Waals surface area contributed by atoms with Gasteiger partial charge < -0.3 is 4.57 Å². The quantitative estimate of drug-likeness (QED) is 0.279. The van der Waals surface area contributed by atoms with Gasteiger partial charge in [0, 0.05) is 29.6 Å². The number of hydrogen-bond acceptors (Lipinski definition) is 4. The van der Waals surface area contributed by atoms with Crippen LogP contribution in [0.3, 0.4) is 0 Å². The molecule has 4 heterocycles. The van der Waals surface area contributed by atoms with Crippen molar-refractivity contribution in [2.45, 2.75) is 38.1 Å². The van der Waals surface area contributed by atoms with E-state index in [2.05, 4.69) is 70.2 Å². The van der Waals surface area contributed by atoms with E-state index < -0.39 is 0 Å². The molecular formula is C30H26N6. The van der Waals surface area contributed by atoms with Gasteiger partial charge in [0.15, 0.2) is 11.5 Å². The molecule has 2 aromatic carbocycles. The van der Waals surface area contributed by atoms with Crippen molar-refractivity contribution in [1.82, 2.24) is 29.1 Å². The van der Waals surface area contributed by atoms with Crippen molar-refractivity contribution in [2.24, 2.45) is 0 Å². The van der Waals surface area contributed by atoms with E-state index in [1.165, 1.54) is 54.5 Å². The third-order valence-electron chi connectivity index (χ3n) is 7.31. The molecule has 0 aliphatic heterocycles. The number of benzene rings is 2. The first-order chi connectivity index (χ1) is 17.9. The molecule has 176 valence electrons. The summed E-state index contributed by atoms with van der Waals surface area (Å²) in [7, 11) is 0. The Bertz CT molecular complexity index is 1650. The fraction of sp³-hybridized carbons (Fsp3) is 0.200. The lowest BCUT2D eigenvalue weighted by Crippen LogP contribution is -2.14. The minimum Gasteiger partial charge on any atom is -0.321 e. The summed E-state index contributed by atoms with van der Waals surface area (Å²) < 4.78 is 4.33. The average molecular weight is 471 g/mol. The second kappa shape index (κ2) is 8.72. The van der Waals surface area contributed by atoms with Crippen molar-refractivity contribution < 1.29 is 0 Å². The molecule has 6 nitrogen and oxygen atoms in total. The highest BCUT2D eigenvalue weighted by molar-refractivity contribution is 6.09. The van der Waals surface area contributed by atoms with E-state index in [0.717, 1.165) is 22.2 Å². The van der Waals surface area contributed by atoms with Gasteiger partial charge in [-0.15, -0.1) is 5.10 Å². The van der Waals surface area contributed by atoms with Gasteiger partial charge in [0.1, 0.15) is 12.0 Å². The Hall–Kier alpha value is -4.32. The van der Waals surface area contributed by atoms with Crippen molar-refractivity contribution >= 4 is 16.7 Å². The number of nitrogens with zero attached hydrogens (tertiary/aromatic N) is 6. The van der Waals surface area contributed by atoms with Crippen LogP contribution in [0.1, 0.15) is 38.1 Å². The first-order valence-electron chi connectivity index (χ1n) is 12.7. The van der Waals surface area contributed by atoms with E-state index >= 15 is 0 Å². The lowest BCUT2D eigenvalue weighted by atomic mass is 9.94. The van der Waals surface area contributed by atoms with Crippen LogP contribution >= 0.6 is 0 Å². The SMILES string of the molecule is c1ccc(-c2c(-c3ccccc3)n(C3CCCCC3)c3ncn4nc(-c5ccncc5)nc4c23)cc1. The van der Waals surface area contributed by atoms with Gasteiger partial charge in [-0.2, -0.15) is 0 Å². The van der Waals surface area contributed by atoms with E-state index in [9.17, 15) is 0 Å². The molecule has 1 saturated carbocycles. The Morgan fingerprint density at radius 1 is 0.694 bits per heavy atom. The van der Waals surface area contributed by atoms with Gasteiger partial charge in [-0.05, 0) is 36.1 Å². The lowest BCUT2D eigenvalue weighted by Gasteiger charge is -2.26. The number of fused-ring (bicyclic) bond motifs is 3. The summed E-state index contributed by atoms with van der Waals surface area (Å²) in [6.45, 7) is 0. The molecular weight excluding hydrogens is 444 g/mol. The van der Waals surface area contributed by atoms with Gasteiger partial charge in [0.05, 0.1) is 11.1 Å². The maximum atomic E-state index is 5.06. The largest absolute Gasteiger partial charge is 0.321 e. The summed E-state index contributed by atoms with van der Waals surface area (Å²) in [5.41, 5.74) is 7.52. The molecule has 1 aliphatic rings. The smallest absolute Gasteiger partial charge is 0.182 e. The van der Waals surface area contributed by atoms with E-state index in [1.54, 1.807) is 12.4 Å². The van der Waals surface area contributed by atoms with Crippen LogP contribution in [0.2, 0.25) is 0 Å². The first-order valence-corrected chi connectivity index (χ1v) is 12.7. The molecule has 6 heteroatoms. The van der Waals surface area contributed by atoms with Crippen LogP contribution in [0.5, 0.6) is 0 Å². The Morgan fingerprint density at radius 2 is 1.39 bits per heavy atom. The zero-order valence-electron chi connectivity index (χ0n) is 20.0. The zero-order chi connectivity index (χ0) is 23.9. The Morgan fingerprint density at radius 3 is 2.11 bits per heavy atom. The van der Waals surface area contributed by atoms with Crippen LogP contribution in [0, 0.1) is 0 Å². The van der Waals surface area contributed by atoms with Crippen molar-refractivity contribution in [3.8, 4) is 33.8 Å². The molecule has 0 N–H and O–H groups in total. The topological polar surface area (TPSA) is 60.9 Å². The number of pyridine rings is 1. The highest BCUT2D eigenvalue weighted by Gasteiger charge is 2.29. The maximum Gasteiger partial charge on any atom is 0.182 e. The highest BCUT2D eigenvalue weighted by atomic mass is 15.3. The second-order valence-electron chi connectivity index (χ2n) is 9.50. The Balaban J connectivity index is 1.61. The van der Waals surface area contributed by atoms with Gasteiger partial charge in [-0.3, -0.25) is 4.98 Å². The molecule has 1 fully saturated rings. The molecule has 0 atom stereocenters. The summed E-state index contributed by atoms with van der Waals surface area (Å²) in [5.74, 6) is 0.678. The molecule has 0 amide bonds. The number of aromatic nitrogens is 6. The fourth-order valence-corrected chi connectivity index (χ4v) is 5.68. The van der Waals surface area contributed by atoms with Crippen LogP contribution in [0.25, 0.3) is 50.5 Å². The van der Waals surface area contributed by atoms with Crippen LogP contribution in [-0.4, -0.2) is 29.1 Å². The van der Waals surface area contributed by atoms with E-state index in [1.807, 2.05) is 23.0 Å². The van der Waals surface area contributed by atoms with Crippen molar-refractivity contribution in [2.75, 3.05) is 0 Å². The molecule has 4 aromatic heterocycles. The summed E-state index contributed by atoms with van der Waals surface area (Å²) in [6.07, 6.45) is 11.5. The van der Waals surface area contributed by atoms with Gasteiger partial charge in [0.25, 0.3) is 0 Å².